The minimum absolute atomic E-state index is 0.0585. The summed E-state index contributed by atoms with van der Waals surface area (Å²) in [5.74, 6) is 0.409. The van der Waals surface area contributed by atoms with E-state index in [1.54, 1.807) is 0 Å². The van der Waals surface area contributed by atoms with Crippen molar-refractivity contribution in [2.24, 2.45) is 5.92 Å². The Balaban J connectivity index is 2.44. The number of rotatable bonds is 3. The molecule has 0 aromatic carbocycles. The normalized spacial score (nSPS) is 30.1. The fourth-order valence-electron chi connectivity index (χ4n) is 2.56. The molecule has 1 heterocycles. The zero-order chi connectivity index (χ0) is 13.1. The highest BCUT2D eigenvalue weighted by Crippen LogP contribution is 2.35. The predicted octanol–water partition coefficient (Wildman–Crippen LogP) is 3.35. The van der Waals surface area contributed by atoms with Gasteiger partial charge in [0.2, 0.25) is 0 Å². The van der Waals surface area contributed by atoms with E-state index in [4.69, 9.17) is 9.16 Å². The highest BCUT2D eigenvalue weighted by molar-refractivity contribution is 6.72. The zero-order valence-electron chi connectivity index (χ0n) is 11.8. The van der Waals surface area contributed by atoms with E-state index in [1.807, 2.05) is 27.9 Å². The van der Waals surface area contributed by atoms with Crippen molar-refractivity contribution in [3.05, 3.63) is 0 Å². The first-order valence-electron chi connectivity index (χ1n) is 6.51. The SMILES string of the molecule is CO[Si]1(C)CCCC(CC(=O)OC(C)(C)C)C1. The molecule has 2 unspecified atom stereocenters. The van der Waals surface area contributed by atoms with Crippen LogP contribution >= 0.6 is 0 Å². The molecular formula is C13H26O3Si. The second-order valence-corrected chi connectivity index (χ2v) is 10.6. The summed E-state index contributed by atoms with van der Waals surface area (Å²) in [6.45, 7) is 8.02. The molecule has 2 atom stereocenters. The van der Waals surface area contributed by atoms with Gasteiger partial charge in [0.15, 0.2) is 8.32 Å². The average molecular weight is 258 g/mol. The molecule has 1 aliphatic rings. The van der Waals surface area contributed by atoms with Gasteiger partial charge in [-0.3, -0.25) is 4.79 Å². The number of ether oxygens (including phenoxy) is 1. The van der Waals surface area contributed by atoms with Crippen molar-refractivity contribution in [3.8, 4) is 0 Å². The average Bonchev–Trinajstić information content (AvgIpc) is 2.14. The van der Waals surface area contributed by atoms with Crippen LogP contribution in [0.25, 0.3) is 0 Å². The monoisotopic (exact) mass is 258 g/mol. The summed E-state index contributed by atoms with van der Waals surface area (Å²) >= 11 is 0. The van der Waals surface area contributed by atoms with Gasteiger partial charge < -0.3 is 9.16 Å². The summed E-state index contributed by atoms with van der Waals surface area (Å²) in [6, 6.07) is 2.33. The lowest BCUT2D eigenvalue weighted by Gasteiger charge is -2.34. The molecule has 0 aromatic rings. The summed E-state index contributed by atoms with van der Waals surface area (Å²) in [7, 11) is 0.315. The highest BCUT2D eigenvalue weighted by atomic mass is 28.4. The van der Waals surface area contributed by atoms with Crippen molar-refractivity contribution < 1.29 is 14.0 Å². The molecule has 100 valence electrons. The Morgan fingerprint density at radius 3 is 2.59 bits per heavy atom. The second kappa shape index (κ2) is 5.53. The van der Waals surface area contributed by atoms with Gasteiger partial charge in [-0.15, -0.1) is 0 Å². The molecule has 0 saturated carbocycles. The lowest BCUT2D eigenvalue weighted by molar-refractivity contribution is -0.155. The van der Waals surface area contributed by atoms with Gasteiger partial charge in [0, 0.05) is 13.5 Å². The van der Waals surface area contributed by atoms with E-state index in [0.29, 0.717) is 12.3 Å². The Hall–Kier alpha value is -0.353. The molecule has 0 aliphatic carbocycles. The predicted molar refractivity (Wildman–Crippen MR) is 71.4 cm³/mol. The van der Waals surface area contributed by atoms with Crippen molar-refractivity contribution in [1.29, 1.82) is 0 Å². The molecule has 0 amide bonds. The van der Waals surface area contributed by atoms with Crippen molar-refractivity contribution in [2.45, 2.75) is 64.3 Å². The Morgan fingerprint density at radius 2 is 2.06 bits per heavy atom. The van der Waals surface area contributed by atoms with E-state index in [9.17, 15) is 4.79 Å². The molecule has 17 heavy (non-hydrogen) atoms. The van der Waals surface area contributed by atoms with Crippen molar-refractivity contribution in [1.82, 2.24) is 0 Å². The molecule has 1 aliphatic heterocycles. The maximum absolute atomic E-state index is 11.8. The Morgan fingerprint density at radius 1 is 1.41 bits per heavy atom. The molecule has 0 bridgehead atoms. The van der Waals surface area contributed by atoms with E-state index < -0.39 is 8.32 Å². The van der Waals surface area contributed by atoms with E-state index in [2.05, 4.69) is 6.55 Å². The van der Waals surface area contributed by atoms with Gasteiger partial charge in [-0.2, -0.15) is 0 Å². The summed E-state index contributed by atoms with van der Waals surface area (Å²) < 4.78 is 11.1. The Labute approximate surface area is 106 Å². The van der Waals surface area contributed by atoms with Gasteiger partial charge in [0.25, 0.3) is 0 Å². The molecule has 0 aromatic heterocycles. The number of hydrogen-bond donors (Lipinski definition) is 0. The third kappa shape index (κ3) is 5.21. The fourth-order valence-corrected chi connectivity index (χ4v) is 5.65. The van der Waals surface area contributed by atoms with Gasteiger partial charge in [-0.05, 0) is 45.3 Å². The first kappa shape index (κ1) is 14.7. The van der Waals surface area contributed by atoms with E-state index >= 15 is 0 Å². The van der Waals surface area contributed by atoms with Crippen LogP contribution in [0, 0.1) is 5.92 Å². The standard InChI is InChI=1S/C13H26O3Si/c1-13(2,3)16-12(14)9-11-7-6-8-17(5,10-11)15-4/h11H,6-10H2,1-5H3. The first-order chi connectivity index (χ1) is 7.74. The summed E-state index contributed by atoms with van der Waals surface area (Å²) in [5.41, 5.74) is -0.367. The van der Waals surface area contributed by atoms with E-state index in [0.717, 1.165) is 12.5 Å². The van der Waals surface area contributed by atoms with Crippen molar-refractivity contribution >= 4 is 14.3 Å². The molecule has 1 rings (SSSR count). The minimum Gasteiger partial charge on any atom is -0.460 e. The summed E-state index contributed by atoms with van der Waals surface area (Å²) in [6.07, 6.45) is 2.90. The number of hydrogen-bond acceptors (Lipinski definition) is 3. The van der Waals surface area contributed by atoms with Crippen LogP contribution in [-0.4, -0.2) is 27.0 Å². The van der Waals surface area contributed by atoms with Crippen LogP contribution in [0.5, 0.6) is 0 Å². The minimum atomic E-state index is -1.51. The Kier molecular flexibility index (Phi) is 4.78. The van der Waals surface area contributed by atoms with Gasteiger partial charge >= 0.3 is 5.97 Å². The van der Waals surface area contributed by atoms with Crippen LogP contribution < -0.4 is 0 Å². The molecule has 0 N–H and O–H groups in total. The Bertz CT molecular complexity index is 272. The molecule has 1 fully saturated rings. The molecular weight excluding hydrogens is 232 g/mol. The lowest BCUT2D eigenvalue weighted by atomic mass is 10.0. The third-order valence-electron chi connectivity index (χ3n) is 3.41. The van der Waals surface area contributed by atoms with Crippen LogP contribution in [0.15, 0.2) is 0 Å². The zero-order valence-corrected chi connectivity index (χ0v) is 12.8. The van der Waals surface area contributed by atoms with Gasteiger partial charge in [-0.1, -0.05) is 12.8 Å². The van der Waals surface area contributed by atoms with Crippen LogP contribution in [0.1, 0.15) is 40.0 Å². The maximum atomic E-state index is 11.8. The van der Waals surface area contributed by atoms with Gasteiger partial charge in [0.05, 0.1) is 0 Å². The quantitative estimate of drug-likeness (QED) is 0.575. The lowest BCUT2D eigenvalue weighted by Crippen LogP contribution is -2.39. The largest absolute Gasteiger partial charge is 0.460 e. The van der Waals surface area contributed by atoms with Crippen molar-refractivity contribution in [3.63, 3.8) is 0 Å². The topological polar surface area (TPSA) is 35.5 Å². The maximum Gasteiger partial charge on any atom is 0.306 e. The third-order valence-corrected chi connectivity index (χ3v) is 7.24. The molecule has 0 spiro atoms. The van der Waals surface area contributed by atoms with Crippen LogP contribution in [-0.2, 0) is 14.0 Å². The number of carbonyl (C=O) groups is 1. The smallest absolute Gasteiger partial charge is 0.306 e. The first-order valence-corrected chi connectivity index (χ1v) is 9.33. The second-order valence-electron chi connectivity index (χ2n) is 6.41. The molecule has 3 nitrogen and oxygen atoms in total. The van der Waals surface area contributed by atoms with Crippen LogP contribution in [0.2, 0.25) is 18.6 Å². The fraction of sp³-hybridized carbons (Fsp3) is 0.923. The highest BCUT2D eigenvalue weighted by Gasteiger charge is 2.36. The molecule has 1 saturated heterocycles. The molecule has 4 heteroatoms. The van der Waals surface area contributed by atoms with Crippen molar-refractivity contribution in [2.75, 3.05) is 7.11 Å². The number of esters is 1. The van der Waals surface area contributed by atoms with Gasteiger partial charge in [-0.25, -0.2) is 0 Å². The van der Waals surface area contributed by atoms with Crippen LogP contribution in [0.4, 0.5) is 0 Å². The summed E-state index contributed by atoms with van der Waals surface area (Å²) in [4.78, 5) is 11.8. The molecule has 0 radical (unpaired) electrons. The summed E-state index contributed by atoms with van der Waals surface area (Å²) in [5, 5.41) is 0. The van der Waals surface area contributed by atoms with Gasteiger partial charge in [0.1, 0.15) is 5.60 Å². The van der Waals surface area contributed by atoms with E-state index in [1.165, 1.54) is 12.5 Å². The van der Waals surface area contributed by atoms with E-state index in [-0.39, 0.29) is 11.6 Å². The number of carbonyl (C=O) groups excluding carboxylic acids is 1. The van der Waals surface area contributed by atoms with Crippen LogP contribution in [0.3, 0.4) is 0 Å².